The van der Waals surface area contributed by atoms with Crippen LogP contribution in [0.3, 0.4) is 0 Å². The van der Waals surface area contributed by atoms with Crippen LogP contribution in [0.25, 0.3) is 0 Å². The van der Waals surface area contributed by atoms with Crippen molar-refractivity contribution in [3.8, 4) is 0 Å². The third-order valence-corrected chi connectivity index (χ3v) is 13.6. The fourth-order valence-electron chi connectivity index (χ4n) is 9.04. The van der Waals surface area contributed by atoms with E-state index in [1.165, 1.54) is 19.3 Å². The third kappa shape index (κ3) is 23.6. The number of nitrogens with one attached hydrogen (secondary N) is 1. The summed E-state index contributed by atoms with van der Waals surface area (Å²) < 4.78 is 34.1. The molecule has 3 fully saturated rings. The molecule has 12 N–H and O–H groups in total. The Morgan fingerprint density at radius 2 is 0.932 bits per heavy atom. The average molecular weight is 1060 g/mol. The molecule has 0 radical (unpaired) electrons. The molecule has 17 unspecified atom stereocenters. The van der Waals surface area contributed by atoms with Crippen LogP contribution in [0.1, 0.15) is 149 Å². The maximum Gasteiger partial charge on any atom is 0.220 e. The summed E-state index contributed by atoms with van der Waals surface area (Å²) >= 11 is 0. The Balaban J connectivity index is 1.48. The Morgan fingerprint density at radius 3 is 1.46 bits per heavy atom. The molecule has 19 heteroatoms. The predicted octanol–water partition coefficient (Wildman–Crippen LogP) is 3.31. The van der Waals surface area contributed by atoms with Crippen molar-refractivity contribution in [2.75, 3.05) is 26.4 Å². The van der Waals surface area contributed by atoms with Gasteiger partial charge in [-0.15, -0.1) is 0 Å². The number of hydrogen-bond acceptors (Lipinski definition) is 18. The van der Waals surface area contributed by atoms with Crippen LogP contribution in [0.2, 0.25) is 0 Å². The monoisotopic (exact) mass is 1060 g/mol. The first-order valence-electron chi connectivity index (χ1n) is 27.5. The van der Waals surface area contributed by atoms with Gasteiger partial charge in [0.2, 0.25) is 5.91 Å². The summed E-state index contributed by atoms with van der Waals surface area (Å²) in [4.78, 5) is 13.2. The molecule has 3 saturated heterocycles. The number of carbonyl (C=O) groups is 1. The minimum atomic E-state index is -1.97. The number of carbonyl (C=O) groups excluding carboxylic acids is 1. The van der Waals surface area contributed by atoms with Crippen molar-refractivity contribution in [3.63, 3.8) is 0 Å². The fourth-order valence-corrected chi connectivity index (χ4v) is 9.04. The van der Waals surface area contributed by atoms with Crippen LogP contribution in [-0.4, -0.2) is 193 Å². The molecular formula is C55H95NO18. The highest BCUT2D eigenvalue weighted by Gasteiger charge is 2.53. The van der Waals surface area contributed by atoms with Gasteiger partial charge in [-0.3, -0.25) is 4.79 Å². The van der Waals surface area contributed by atoms with Crippen molar-refractivity contribution in [2.45, 2.75) is 253 Å². The Kier molecular flexibility index (Phi) is 34.6. The van der Waals surface area contributed by atoms with E-state index in [4.69, 9.17) is 28.4 Å². The lowest BCUT2D eigenvalue weighted by Gasteiger charge is -2.48. The molecule has 0 spiro atoms. The normalized spacial score (nSPS) is 31.9. The summed E-state index contributed by atoms with van der Waals surface area (Å²) in [6, 6.07) is -0.897. The van der Waals surface area contributed by atoms with Crippen LogP contribution in [0.5, 0.6) is 0 Å². The Morgan fingerprint density at radius 1 is 0.500 bits per heavy atom. The van der Waals surface area contributed by atoms with Crippen LogP contribution in [0.15, 0.2) is 60.8 Å². The van der Waals surface area contributed by atoms with Gasteiger partial charge in [-0.25, -0.2) is 0 Å². The molecule has 0 aromatic heterocycles. The van der Waals surface area contributed by atoms with Crippen LogP contribution in [0.4, 0.5) is 0 Å². The highest BCUT2D eigenvalue weighted by atomic mass is 16.8. The lowest BCUT2D eigenvalue weighted by molar-refractivity contribution is -0.379. The number of ether oxygens (including phenoxy) is 6. The zero-order valence-electron chi connectivity index (χ0n) is 44.0. The number of allylic oxidation sites excluding steroid dienone is 10. The first-order chi connectivity index (χ1) is 35.8. The molecule has 428 valence electrons. The van der Waals surface area contributed by atoms with Gasteiger partial charge in [-0.05, 0) is 57.8 Å². The van der Waals surface area contributed by atoms with Gasteiger partial charge >= 0.3 is 0 Å². The highest BCUT2D eigenvalue weighted by Crippen LogP contribution is 2.33. The van der Waals surface area contributed by atoms with E-state index in [1.807, 2.05) is 0 Å². The summed E-state index contributed by atoms with van der Waals surface area (Å²) in [7, 11) is 0. The first-order valence-corrected chi connectivity index (χ1v) is 27.5. The fraction of sp³-hybridized carbons (Fsp3) is 0.800. The van der Waals surface area contributed by atoms with Crippen molar-refractivity contribution < 1.29 is 89.4 Å². The number of rotatable bonds is 38. The Hall–Kier alpha value is -2.51. The molecule has 3 aliphatic heterocycles. The molecule has 3 rings (SSSR count). The third-order valence-electron chi connectivity index (χ3n) is 13.6. The molecule has 0 aromatic rings. The second-order valence-electron chi connectivity index (χ2n) is 19.7. The quantitative estimate of drug-likeness (QED) is 0.0312. The molecule has 3 heterocycles. The molecular weight excluding hydrogens is 963 g/mol. The maximum absolute atomic E-state index is 13.2. The Bertz CT molecular complexity index is 1590. The van der Waals surface area contributed by atoms with Crippen molar-refractivity contribution >= 4 is 5.91 Å². The molecule has 19 nitrogen and oxygen atoms in total. The Labute approximate surface area is 439 Å². The highest BCUT2D eigenvalue weighted by molar-refractivity contribution is 5.76. The molecule has 17 atom stereocenters. The summed E-state index contributed by atoms with van der Waals surface area (Å²) in [5.41, 5.74) is 0. The number of aliphatic hydroxyl groups excluding tert-OH is 11. The van der Waals surface area contributed by atoms with E-state index < -0.39 is 124 Å². The number of hydrogen-bond donors (Lipinski definition) is 12. The SMILES string of the molecule is CC/C=C\C/C=C\C/C=C\C/C=C\C/C=C\CCCCCCCC(=O)NC(COC1OC(CO)C(OC2OC(CO)C(OC3OC(CO)C(O)C(O)C3O)C(O)C2O)C(O)C1O)C(O)CCCCCCCCCC. The summed E-state index contributed by atoms with van der Waals surface area (Å²) in [5.74, 6) is -0.269. The summed E-state index contributed by atoms with van der Waals surface area (Å²) in [5, 5.41) is 120. The van der Waals surface area contributed by atoms with Crippen molar-refractivity contribution in [1.29, 1.82) is 0 Å². The van der Waals surface area contributed by atoms with E-state index in [9.17, 15) is 61.0 Å². The van der Waals surface area contributed by atoms with Crippen LogP contribution in [0, 0.1) is 0 Å². The molecule has 1 amide bonds. The standard InChI is InChI=1S/C55H95NO18/c1-3-5-7-9-11-13-14-15-16-17-18-19-20-21-22-23-24-25-27-29-31-33-43(61)56-38(39(60)32-30-28-26-12-10-8-6-4-2)37-69-53-49(67)46(64)51(41(35-58)71-53)74-55-50(68)47(65)52(42(36-59)72-55)73-54-48(66)45(63)44(62)40(34-57)70-54/h5,7,11,13,15-16,18-19,21-22,38-42,44-55,57-60,62-68H,3-4,6,8-10,12,14,17,20,23-37H2,1-2H3,(H,56,61)/b7-5-,13-11-,16-15-,19-18-,22-21-. The summed E-state index contributed by atoms with van der Waals surface area (Å²) in [6.45, 7) is 1.58. The minimum Gasteiger partial charge on any atom is -0.394 e. The van der Waals surface area contributed by atoms with Crippen molar-refractivity contribution in [1.82, 2.24) is 5.32 Å². The average Bonchev–Trinajstić information content (AvgIpc) is 3.40. The topological polar surface area (TPSA) is 307 Å². The minimum absolute atomic E-state index is 0.240. The van der Waals surface area contributed by atoms with Gasteiger partial charge in [-0.1, -0.05) is 145 Å². The first kappa shape index (κ1) is 65.8. The van der Waals surface area contributed by atoms with Gasteiger partial charge in [0.25, 0.3) is 0 Å². The predicted molar refractivity (Wildman–Crippen MR) is 277 cm³/mol. The number of amides is 1. The molecule has 0 aromatic carbocycles. The van der Waals surface area contributed by atoms with E-state index in [1.54, 1.807) is 0 Å². The lowest BCUT2D eigenvalue weighted by atomic mass is 9.96. The van der Waals surface area contributed by atoms with Crippen molar-refractivity contribution in [2.24, 2.45) is 0 Å². The zero-order chi connectivity index (χ0) is 54.1. The van der Waals surface area contributed by atoms with Gasteiger partial charge in [0.05, 0.1) is 38.6 Å². The van der Waals surface area contributed by atoms with Crippen molar-refractivity contribution in [3.05, 3.63) is 60.8 Å². The van der Waals surface area contributed by atoms with E-state index in [-0.39, 0.29) is 18.9 Å². The van der Waals surface area contributed by atoms with E-state index in [2.05, 4.69) is 79.9 Å². The zero-order valence-corrected chi connectivity index (χ0v) is 44.0. The number of unbranched alkanes of at least 4 members (excludes halogenated alkanes) is 12. The molecule has 0 bridgehead atoms. The maximum atomic E-state index is 13.2. The van der Waals surface area contributed by atoms with Crippen LogP contribution >= 0.6 is 0 Å². The molecule has 3 aliphatic rings. The van der Waals surface area contributed by atoms with Gasteiger partial charge in [0, 0.05) is 6.42 Å². The van der Waals surface area contributed by atoms with Gasteiger partial charge < -0.3 is 89.9 Å². The van der Waals surface area contributed by atoms with Gasteiger partial charge in [0.1, 0.15) is 73.2 Å². The molecule has 0 aliphatic carbocycles. The summed E-state index contributed by atoms with van der Waals surface area (Å²) in [6.07, 6.45) is 14.8. The van der Waals surface area contributed by atoms with Crippen LogP contribution < -0.4 is 5.32 Å². The van der Waals surface area contributed by atoms with Gasteiger partial charge in [0.15, 0.2) is 18.9 Å². The van der Waals surface area contributed by atoms with E-state index >= 15 is 0 Å². The molecule has 74 heavy (non-hydrogen) atoms. The molecule has 0 saturated carbocycles. The lowest BCUT2D eigenvalue weighted by Crippen LogP contribution is -2.66. The smallest absolute Gasteiger partial charge is 0.220 e. The van der Waals surface area contributed by atoms with Gasteiger partial charge in [-0.2, -0.15) is 0 Å². The van der Waals surface area contributed by atoms with Crippen LogP contribution in [-0.2, 0) is 33.2 Å². The largest absolute Gasteiger partial charge is 0.394 e. The van der Waals surface area contributed by atoms with E-state index in [0.717, 1.165) is 96.3 Å². The second kappa shape index (κ2) is 38.9. The van der Waals surface area contributed by atoms with E-state index in [0.29, 0.717) is 12.8 Å². The number of aliphatic hydroxyl groups is 11. The second-order valence-corrected chi connectivity index (χ2v) is 19.7.